The van der Waals surface area contributed by atoms with Crippen LogP contribution in [0.5, 0.6) is 5.75 Å². The molecule has 0 saturated carbocycles. The fraction of sp³-hybridized carbons (Fsp3) is 0.105. The topological polar surface area (TPSA) is 70.7 Å². The maximum Gasteiger partial charge on any atom is 0.205 e. The average molecular weight is 350 g/mol. The molecule has 0 radical (unpaired) electrons. The number of benzene rings is 2. The molecule has 0 fully saturated rings. The molecule has 1 N–H and O–H groups in total. The average Bonchev–Trinajstić information content (AvgIpc) is 3.12. The monoisotopic (exact) mass is 350 g/mol. The van der Waals surface area contributed by atoms with Gasteiger partial charge in [0.15, 0.2) is 0 Å². The lowest BCUT2D eigenvalue weighted by atomic mass is 10.1. The summed E-state index contributed by atoms with van der Waals surface area (Å²) in [5, 5.41) is 19.8. The summed E-state index contributed by atoms with van der Waals surface area (Å²) in [7, 11) is 0. The molecule has 7 heteroatoms. The molecule has 6 nitrogen and oxygen atoms in total. The van der Waals surface area contributed by atoms with Crippen LogP contribution in [0.2, 0.25) is 0 Å². The highest BCUT2D eigenvalue weighted by Crippen LogP contribution is 2.31. The van der Waals surface area contributed by atoms with Crippen molar-refractivity contribution in [1.82, 2.24) is 9.78 Å². The summed E-state index contributed by atoms with van der Waals surface area (Å²) in [5.41, 5.74) is 1.38. The van der Waals surface area contributed by atoms with Crippen molar-refractivity contribution < 1.29 is 9.50 Å². The molecule has 130 valence electrons. The summed E-state index contributed by atoms with van der Waals surface area (Å²) < 4.78 is 15.1. The molecule has 1 atom stereocenters. The van der Waals surface area contributed by atoms with Gasteiger partial charge in [0.2, 0.25) is 5.43 Å². The van der Waals surface area contributed by atoms with Crippen LogP contribution < -0.4 is 10.4 Å². The van der Waals surface area contributed by atoms with E-state index < -0.39 is 6.04 Å². The number of aromatic nitrogens is 2. The van der Waals surface area contributed by atoms with Crippen LogP contribution >= 0.6 is 0 Å². The number of hydrogen-bond acceptors (Lipinski definition) is 5. The lowest BCUT2D eigenvalue weighted by molar-refractivity contribution is 0.475. The Morgan fingerprint density at radius 2 is 1.88 bits per heavy atom. The van der Waals surface area contributed by atoms with Gasteiger partial charge in [0.25, 0.3) is 0 Å². The third-order valence-corrected chi connectivity index (χ3v) is 4.17. The molecular weight excluding hydrogens is 335 g/mol. The van der Waals surface area contributed by atoms with E-state index in [1.54, 1.807) is 58.5 Å². The lowest BCUT2D eigenvalue weighted by Gasteiger charge is -2.23. The van der Waals surface area contributed by atoms with E-state index in [1.807, 2.05) is 0 Å². The van der Waals surface area contributed by atoms with Gasteiger partial charge in [-0.3, -0.25) is 9.80 Å². The lowest BCUT2D eigenvalue weighted by Crippen LogP contribution is -2.27. The standard InChI is InChI=1S/C19H15FN4O2/c20-13-2-1-3-15(12-13)24-17(8-10-21-24)19-18(26)9-11-23(22-19)14-4-6-16(25)7-5-14/h1-7,9-12,17,25H,8H2. The summed E-state index contributed by atoms with van der Waals surface area (Å²) in [4.78, 5) is 12.4. The van der Waals surface area contributed by atoms with Gasteiger partial charge in [-0.2, -0.15) is 10.2 Å². The summed E-state index contributed by atoms with van der Waals surface area (Å²) in [6.45, 7) is 0. The SMILES string of the molecule is O=c1ccn(-c2ccc(O)cc2)nc1C1CC=NN1c1cccc(F)c1. The first-order chi connectivity index (χ1) is 12.6. The van der Waals surface area contributed by atoms with Crippen molar-refractivity contribution in [3.05, 3.63) is 82.5 Å². The zero-order chi connectivity index (χ0) is 18.1. The van der Waals surface area contributed by atoms with Crippen molar-refractivity contribution in [3.8, 4) is 11.4 Å². The van der Waals surface area contributed by atoms with E-state index >= 15 is 0 Å². The number of phenols is 1. The number of anilines is 1. The Morgan fingerprint density at radius 3 is 2.65 bits per heavy atom. The van der Waals surface area contributed by atoms with E-state index in [1.165, 1.54) is 18.2 Å². The predicted molar refractivity (Wildman–Crippen MR) is 96.2 cm³/mol. The second-order valence-electron chi connectivity index (χ2n) is 5.90. The number of aromatic hydroxyl groups is 1. The maximum atomic E-state index is 13.6. The van der Waals surface area contributed by atoms with Crippen LogP contribution in [0.1, 0.15) is 18.2 Å². The molecule has 2 heterocycles. The van der Waals surface area contributed by atoms with E-state index in [-0.39, 0.29) is 17.0 Å². The molecule has 0 spiro atoms. The molecular formula is C19H15FN4O2. The van der Waals surface area contributed by atoms with Crippen molar-refractivity contribution in [2.45, 2.75) is 12.5 Å². The van der Waals surface area contributed by atoms with Crippen LogP contribution in [0.4, 0.5) is 10.1 Å². The Hall–Kier alpha value is -3.48. The Balaban J connectivity index is 1.74. The Bertz CT molecular complexity index is 1030. The van der Waals surface area contributed by atoms with Gasteiger partial charge in [0, 0.05) is 24.9 Å². The van der Waals surface area contributed by atoms with Crippen LogP contribution in [0.15, 0.2) is 70.7 Å². The molecule has 4 rings (SSSR count). The third kappa shape index (κ3) is 2.95. The van der Waals surface area contributed by atoms with Gasteiger partial charge in [-0.05, 0) is 42.5 Å². The highest BCUT2D eigenvalue weighted by Gasteiger charge is 2.28. The summed E-state index contributed by atoms with van der Waals surface area (Å²) in [6.07, 6.45) is 3.76. The fourth-order valence-electron chi connectivity index (χ4n) is 2.91. The van der Waals surface area contributed by atoms with Crippen molar-refractivity contribution in [3.63, 3.8) is 0 Å². The number of hydrogen-bond donors (Lipinski definition) is 1. The molecule has 0 saturated heterocycles. The van der Waals surface area contributed by atoms with E-state index in [0.717, 1.165) is 0 Å². The Labute approximate surface area is 148 Å². The molecule has 0 aliphatic carbocycles. The summed E-state index contributed by atoms with van der Waals surface area (Å²) in [5.74, 6) is -0.220. The van der Waals surface area contributed by atoms with Crippen molar-refractivity contribution in [1.29, 1.82) is 0 Å². The first-order valence-electron chi connectivity index (χ1n) is 8.08. The fourth-order valence-corrected chi connectivity index (χ4v) is 2.91. The molecule has 1 aliphatic rings. The third-order valence-electron chi connectivity index (χ3n) is 4.17. The van der Waals surface area contributed by atoms with Gasteiger partial charge >= 0.3 is 0 Å². The quantitative estimate of drug-likeness (QED) is 0.788. The van der Waals surface area contributed by atoms with Crippen LogP contribution in [0, 0.1) is 5.82 Å². The first kappa shape index (κ1) is 16.0. The van der Waals surface area contributed by atoms with Gasteiger partial charge in [-0.1, -0.05) is 6.07 Å². The minimum absolute atomic E-state index is 0.150. The number of hydrazone groups is 1. The van der Waals surface area contributed by atoms with Crippen LogP contribution in [-0.2, 0) is 0 Å². The van der Waals surface area contributed by atoms with Gasteiger partial charge in [-0.25, -0.2) is 9.07 Å². The van der Waals surface area contributed by atoms with Crippen molar-refractivity contribution >= 4 is 11.9 Å². The second-order valence-corrected chi connectivity index (χ2v) is 5.90. The van der Waals surface area contributed by atoms with Crippen LogP contribution in [-0.4, -0.2) is 21.1 Å². The molecule has 3 aromatic rings. The highest BCUT2D eigenvalue weighted by atomic mass is 19.1. The number of phenolic OH excluding ortho intramolecular Hbond substituents is 1. The number of halogens is 1. The molecule has 1 unspecified atom stereocenters. The van der Waals surface area contributed by atoms with Gasteiger partial charge in [-0.15, -0.1) is 0 Å². The van der Waals surface area contributed by atoms with Crippen molar-refractivity contribution in [2.24, 2.45) is 5.10 Å². The summed E-state index contributed by atoms with van der Waals surface area (Å²) in [6, 6.07) is 13.6. The zero-order valence-corrected chi connectivity index (χ0v) is 13.7. The second kappa shape index (κ2) is 6.44. The molecule has 26 heavy (non-hydrogen) atoms. The van der Waals surface area contributed by atoms with Gasteiger partial charge in [0.05, 0.1) is 11.4 Å². The van der Waals surface area contributed by atoms with E-state index in [9.17, 15) is 14.3 Å². The highest BCUT2D eigenvalue weighted by molar-refractivity contribution is 5.67. The largest absolute Gasteiger partial charge is 0.508 e. The predicted octanol–water partition coefficient (Wildman–Crippen LogP) is 3.01. The van der Waals surface area contributed by atoms with Gasteiger partial charge < -0.3 is 5.11 Å². The van der Waals surface area contributed by atoms with Crippen LogP contribution in [0.25, 0.3) is 5.69 Å². The van der Waals surface area contributed by atoms with Gasteiger partial charge in [0.1, 0.15) is 23.3 Å². The molecule has 0 bridgehead atoms. The molecule has 2 aromatic carbocycles. The maximum absolute atomic E-state index is 13.6. The molecule has 1 aliphatic heterocycles. The Kier molecular flexibility index (Phi) is 3.96. The molecule has 0 amide bonds. The zero-order valence-electron chi connectivity index (χ0n) is 13.7. The van der Waals surface area contributed by atoms with E-state index in [4.69, 9.17) is 0 Å². The smallest absolute Gasteiger partial charge is 0.205 e. The van der Waals surface area contributed by atoms with E-state index in [2.05, 4.69) is 10.2 Å². The normalized spacial score (nSPS) is 16.2. The number of nitrogens with zero attached hydrogens (tertiary/aromatic N) is 4. The van der Waals surface area contributed by atoms with Crippen molar-refractivity contribution in [2.75, 3.05) is 5.01 Å². The van der Waals surface area contributed by atoms with E-state index in [0.29, 0.717) is 23.5 Å². The minimum Gasteiger partial charge on any atom is -0.508 e. The Morgan fingerprint density at radius 1 is 1.08 bits per heavy atom. The first-order valence-corrected chi connectivity index (χ1v) is 8.08. The number of rotatable bonds is 3. The molecule has 1 aromatic heterocycles. The van der Waals surface area contributed by atoms with Crippen LogP contribution in [0.3, 0.4) is 0 Å². The minimum atomic E-state index is -0.408. The summed E-state index contributed by atoms with van der Waals surface area (Å²) >= 11 is 0.